The lowest BCUT2D eigenvalue weighted by Crippen LogP contribution is -2.04. The number of nitrogens with zero attached hydrogens (tertiary/aromatic N) is 3. The van der Waals surface area contributed by atoms with Gasteiger partial charge in [-0.2, -0.15) is 0 Å². The zero-order chi connectivity index (χ0) is 43.6. The van der Waals surface area contributed by atoms with E-state index in [0.29, 0.717) is 5.95 Å². The Morgan fingerprint density at radius 2 is 0.758 bits per heavy atom. The van der Waals surface area contributed by atoms with Crippen LogP contribution in [0.5, 0.6) is 0 Å². The highest BCUT2D eigenvalue weighted by molar-refractivity contribution is 6.15. The molecule has 0 unspecified atom stereocenters. The number of fused-ring (bicyclic) bond motifs is 7. The summed E-state index contributed by atoms with van der Waals surface area (Å²) in [7, 11) is 0. The SMILES string of the molecule is c1ccc(-c2ccc(-c3cc(-c4ccc(-c5ccccc5)cc4)nc(-n4c5ccccc5c5cc(-c6cccc7c(-c8cccc9c8oc8ccccc89)cccc67)ccc54)n3)cc2)cc1. The molecule has 0 saturated carbocycles. The van der Waals surface area contributed by atoms with E-state index in [4.69, 9.17) is 14.4 Å². The lowest BCUT2D eigenvalue weighted by Gasteiger charge is -2.13. The molecule has 0 aliphatic rings. The highest BCUT2D eigenvalue weighted by atomic mass is 16.3. The molecule has 308 valence electrons. The summed E-state index contributed by atoms with van der Waals surface area (Å²) in [5, 5.41) is 6.90. The lowest BCUT2D eigenvalue weighted by molar-refractivity contribution is 0.670. The largest absolute Gasteiger partial charge is 0.455 e. The summed E-state index contributed by atoms with van der Waals surface area (Å²) < 4.78 is 8.75. The average Bonchev–Trinajstić information content (AvgIpc) is 3.95. The maximum Gasteiger partial charge on any atom is 0.235 e. The molecule has 0 aliphatic carbocycles. The van der Waals surface area contributed by atoms with Crippen LogP contribution in [0, 0.1) is 0 Å². The second kappa shape index (κ2) is 15.4. The van der Waals surface area contributed by atoms with Gasteiger partial charge in [0.15, 0.2) is 0 Å². The molecular weight excluding hydrogens is 803 g/mol. The summed E-state index contributed by atoms with van der Waals surface area (Å²) in [6.45, 7) is 0. The Morgan fingerprint density at radius 1 is 0.288 bits per heavy atom. The van der Waals surface area contributed by atoms with Crippen LogP contribution in [0.1, 0.15) is 0 Å². The summed E-state index contributed by atoms with van der Waals surface area (Å²) in [4.78, 5) is 10.8. The molecule has 10 aromatic carbocycles. The average molecular weight is 842 g/mol. The Hall–Kier alpha value is -8.86. The number of para-hydroxylation sites is 3. The molecule has 3 heterocycles. The van der Waals surface area contributed by atoms with Gasteiger partial charge in [0.05, 0.1) is 22.4 Å². The summed E-state index contributed by atoms with van der Waals surface area (Å²) >= 11 is 0. The van der Waals surface area contributed by atoms with E-state index in [1.54, 1.807) is 0 Å². The van der Waals surface area contributed by atoms with Gasteiger partial charge in [0.2, 0.25) is 5.95 Å². The Balaban J connectivity index is 0.960. The van der Waals surface area contributed by atoms with E-state index in [-0.39, 0.29) is 0 Å². The Bertz CT molecular complexity index is 3860. The van der Waals surface area contributed by atoms with Crippen LogP contribution in [0.4, 0.5) is 0 Å². The minimum absolute atomic E-state index is 0.621. The first-order valence-electron chi connectivity index (χ1n) is 22.4. The molecular formula is C62H39N3O. The molecule has 4 heteroatoms. The predicted octanol–water partition coefficient (Wildman–Crippen LogP) is 16.6. The van der Waals surface area contributed by atoms with Crippen LogP contribution in [-0.2, 0) is 0 Å². The van der Waals surface area contributed by atoms with Gasteiger partial charge in [-0.1, -0.05) is 206 Å². The van der Waals surface area contributed by atoms with Crippen LogP contribution in [0.15, 0.2) is 241 Å². The fourth-order valence-corrected chi connectivity index (χ4v) is 9.87. The smallest absolute Gasteiger partial charge is 0.235 e. The highest BCUT2D eigenvalue weighted by Crippen LogP contribution is 2.42. The lowest BCUT2D eigenvalue weighted by atomic mass is 9.92. The summed E-state index contributed by atoms with van der Waals surface area (Å²) in [5.41, 5.74) is 16.9. The monoisotopic (exact) mass is 841 g/mol. The first-order chi connectivity index (χ1) is 32.7. The second-order valence-corrected chi connectivity index (χ2v) is 16.9. The van der Waals surface area contributed by atoms with Gasteiger partial charge in [-0.25, -0.2) is 9.97 Å². The molecule has 66 heavy (non-hydrogen) atoms. The van der Waals surface area contributed by atoms with Crippen LogP contribution in [-0.4, -0.2) is 14.5 Å². The first-order valence-corrected chi connectivity index (χ1v) is 22.4. The van der Waals surface area contributed by atoms with E-state index in [1.165, 1.54) is 27.5 Å². The normalized spacial score (nSPS) is 11.6. The first kappa shape index (κ1) is 37.7. The third-order valence-corrected chi connectivity index (χ3v) is 13.1. The quantitative estimate of drug-likeness (QED) is 0.161. The third kappa shape index (κ3) is 6.30. The molecule has 0 N–H and O–H groups in total. The van der Waals surface area contributed by atoms with Gasteiger partial charge in [-0.15, -0.1) is 0 Å². The number of hydrogen-bond acceptors (Lipinski definition) is 3. The fourth-order valence-electron chi connectivity index (χ4n) is 9.87. The maximum atomic E-state index is 6.52. The van der Waals surface area contributed by atoms with Crippen molar-refractivity contribution in [3.63, 3.8) is 0 Å². The van der Waals surface area contributed by atoms with E-state index < -0.39 is 0 Å². The van der Waals surface area contributed by atoms with Gasteiger partial charge in [0.1, 0.15) is 11.2 Å². The molecule has 0 atom stereocenters. The van der Waals surface area contributed by atoms with Gasteiger partial charge in [-0.05, 0) is 80.0 Å². The number of furan rings is 1. The molecule has 0 saturated heterocycles. The van der Waals surface area contributed by atoms with Crippen molar-refractivity contribution in [1.82, 2.24) is 14.5 Å². The Labute approximate surface area is 381 Å². The molecule has 13 aromatic rings. The van der Waals surface area contributed by atoms with Crippen molar-refractivity contribution in [3.05, 3.63) is 237 Å². The minimum atomic E-state index is 0.621. The molecule has 0 spiro atoms. The van der Waals surface area contributed by atoms with Gasteiger partial charge in [0.25, 0.3) is 0 Å². The standard InChI is InChI=1S/C62H39N3O/c1-3-14-40(15-4-1)42-28-32-44(33-29-42)56-39-57(45-34-30-43(31-35-45)41-16-5-2-6-17-41)64-62(63-56)65-58-26-9-7-18-51(58)55-38-46(36-37-59(55)65)47-20-11-22-49-48(47)21-12-23-50(49)53-24-13-25-54-52-19-8-10-27-60(52)66-61(53)54/h1-39H. The second-order valence-electron chi connectivity index (χ2n) is 16.9. The van der Waals surface area contributed by atoms with Crippen LogP contribution >= 0.6 is 0 Å². The summed E-state index contributed by atoms with van der Waals surface area (Å²) in [5.74, 6) is 0.621. The van der Waals surface area contributed by atoms with Crippen LogP contribution in [0.2, 0.25) is 0 Å². The molecule has 0 bridgehead atoms. The van der Waals surface area contributed by atoms with Gasteiger partial charge < -0.3 is 4.42 Å². The summed E-state index contributed by atoms with van der Waals surface area (Å²) in [6, 6.07) is 83.9. The van der Waals surface area contributed by atoms with Gasteiger partial charge >= 0.3 is 0 Å². The molecule has 0 amide bonds. The van der Waals surface area contributed by atoms with E-state index in [0.717, 1.165) is 94.1 Å². The summed E-state index contributed by atoms with van der Waals surface area (Å²) in [6.07, 6.45) is 0. The molecule has 13 rings (SSSR count). The van der Waals surface area contributed by atoms with Crippen LogP contribution < -0.4 is 0 Å². The Morgan fingerprint density at radius 3 is 1.42 bits per heavy atom. The minimum Gasteiger partial charge on any atom is -0.455 e. The van der Waals surface area contributed by atoms with E-state index in [9.17, 15) is 0 Å². The van der Waals surface area contributed by atoms with E-state index >= 15 is 0 Å². The molecule has 0 radical (unpaired) electrons. The number of benzene rings is 10. The number of hydrogen-bond donors (Lipinski definition) is 0. The Kier molecular flexibility index (Phi) is 8.81. The van der Waals surface area contributed by atoms with Crippen molar-refractivity contribution in [1.29, 1.82) is 0 Å². The van der Waals surface area contributed by atoms with Crippen molar-refractivity contribution in [2.45, 2.75) is 0 Å². The van der Waals surface area contributed by atoms with Crippen molar-refractivity contribution < 1.29 is 4.42 Å². The molecule has 0 aliphatic heterocycles. The van der Waals surface area contributed by atoms with Gasteiger partial charge in [0, 0.05) is 38.2 Å². The zero-order valence-corrected chi connectivity index (χ0v) is 35.8. The number of aromatic nitrogens is 3. The fraction of sp³-hybridized carbons (Fsp3) is 0. The zero-order valence-electron chi connectivity index (χ0n) is 35.8. The van der Waals surface area contributed by atoms with E-state index in [1.807, 2.05) is 12.1 Å². The topological polar surface area (TPSA) is 43.9 Å². The van der Waals surface area contributed by atoms with E-state index in [2.05, 4.69) is 229 Å². The third-order valence-electron chi connectivity index (χ3n) is 13.1. The molecule has 0 fully saturated rings. The highest BCUT2D eigenvalue weighted by Gasteiger charge is 2.20. The van der Waals surface area contributed by atoms with Crippen LogP contribution in [0.3, 0.4) is 0 Å². The van der Waals surface area contributed by atoms with Gasteiger partial charge in [-0.3, -0.25) is 4.57 Å². The molecule has 4 nitrogen and oxygen atoms in total. The van der Waals surface area contributed by atoms with Crippen molar-refractivity contribution in [3.8, 4) is 73.0 Å². The van der Waals surface area contributed by atoms with Crippen molar-refractivity contribution in [2.24, 2.45) is 0 Å². The van der Waals surface area contributed by atoms with Crippen LogP contribution in [0.25, 0.3) is 127 Å². The van der Waals surface area contributed by atoms with Crippen molar-refractivity contribution >= 4 is 54.5 Å². The maximum absolute atomic E-state index is 6.52. The van der Waals surface area contributed by atoms with Crippen molar-refractivity contribution in [2.75, 3.05) is 0 Å². The predicted molar refractivity (Wildman–Crippen MR) is 274 cm³/mol. The molecule has 3 aromatic heterocycles. The number of rotatable bonds is 7.